The SMILES string of the molecule is CC1CC(C(C(=O)O)N2CCCC2=O)CC(C)(C)C1. The predicted molar refractivity (Wildman–Crippen MR) is 72.7 cm³/mol. The van der Waals surface area contributed by atoms with Gasteiger partial charge in [0.05, 0.1) is 0 Å². The van der Waals surface area contributed by atoms with E-state index in [-0.39, 0.29) is 17.2 Å². The molecule has 0 aromatic carbocycles. The highest BCUT2D eigenvalue weighted by Crippen LogP contribution is 2.44. The van der Waals surface area contributed by atoms with Crippen molar-refractivity contribution in [1.29, 1.82) is 0 Å². The summed E-state index contributed by atoms with van der Waals surface area (Å²) < 4.78 is 0. The summed E-state index contributed by atoms with van der Waals surface area (Å²) in [7, 11) is 0. The molecule has 4 nitrogen and oxygen atoms in total. The number of carbonyl (C=O) groups excluding carboxylic acids is 1. The number of nitrogens with zero attached hydrogens (tertiary/aromatic N) is 1. The van der Waals surface area contributed by atoms with Gasteiger partial charge in [-0.2, -0.15) is 0 Å². The largest absolute Gasteiger partial charge is 0.480 e. The van der Waals surface area contributed by atoms with Crippen LogP contribution in [0.5, 0.6) is 0 Å². The Morgan fingerprint density at radius 2 is 2.11 bits per heavy atom. The van der Waals surface area contributed by atoms with E-state index >= 15 is 0 Å². The van der Waals surface area contributed by atoms with Crippen molar-refractivity contribution in [1.82, 2.24) is 4.90 Å². The highest BCUT2D eigenvalue weighted by atomic mass is 16.4. The number of likely N-dealkylation sites (tertiary alicyclic amines) is 1. The van der Waals surface area contributed by atoms with Crippen LogP contribution in [0.4, 0.5) is 0 Å². The Hall–Kier alpha value is -1.06. The van der Waals surface area contributed by atoms with Crippen LogP contribution in [0.25, 0.3) is 0 Å². The molecule has 1 N–H and O–H groups in total. The third kappa shape index (κ3) is 3.10. The van der Waals surface area contributed by atoms with Gasteiger partial charge >= 0.3 is 5.97 Å². The number of amides is 1. The van der Waals surface area contributed by atoms with Crippen LogP contribution >= 0.6 is 0 Å². The minimum atomic E-state index is -0.829. The average Bonchev–Trinajstić information content (AvgIpc) is 2.61. The quantitative estimate of drug-likeness (QED) is 0.854. The van der Waals surface area contributed by atoms with E-state index in [4.69, 9.17) is 0 Å². The van der Waals surface area contributed by atoms with Crippen LogP contribution < -0.4 is 0 Å². The maximum absolute atomic E-state index is 11.9. The van der Waals surface area contributed by atoms with Crippen LogP contribution in [0, 0.1) is 17.3 Å². The lowest BCUT2D eigenvalue weighted by Gasteiger charge is -2.43. The Kier molecular flexibility index (Phi) is 3.88. The number of aliphatic carboxylic acids is 1. The standard InChI is InChI=1S/C15H25NO3/c1-10-7-11(9-15(2,3)8-10)13(14(18)19)16-6-4-5-12(16)17/h10-11,13H,4-9H2,1-3H3,(H,18,19). The summed E-state index contributed by atoms with van der Waals surface area (Å²) in [5, 5.41) is 9.57. The van der Waals surface area contributed by atoms with Crippen LogP contribution in [0.15, 0.2) is 0 Å². The van der Waals surface area contributed by atoms with Crippen LogP contribution in [-0.2, 0) is 9.59 Å². The Bertz CT molecular complexity index is 378. The zero-order valence-corrected chi connectivity index (χ0v) is 12.2. The molecule has 0 bridgehead atoms. The van der Waals surface area contributed by atoms with Crippen molar-refractivity contribution < 1.29 is 14.7 Å². The normalized spacial score (nSPS) is 32.4. The highest BCUT2D eigenvalue weighted by molar-refractivity contribution is 5.85. The molecule has 2 fully saturated rings. The summed E-state index contributed by atoms with van der Waals surface area (Å²) in [6.07, 6.45) is 4.27. The zero-order valence-electron chi connectivity index (χ0n) is 12.2. The molecule has 0 aromatic rings. The lowest BCUT2D eigenvalue weighted by atomic mass is 9.66. The second kappa shape index (κ2) is 5.14. The molecule has 1 aliphatic heterocycles. The molecule has 1 saturated carbocycles. The summed E-state index contributed by atoms with van der Waals surface area (Å²) in [6, 6.07) is -0.614. The molecule has 1 amide bonds. The lowest BCUT2D eigenvalue weighted by molar-refractivity contribution is -0.152. The molecule has 1 saturated heterocycles. The molecule has 1 heterocycles. The van der Waals surface area contributed by atoms with Crippen molar-refractivity contribution in [3.8, 4) is 0 Å². The van der Waals surface area contributed by atoms with E-state index in [2.05, 4.69) is 20.8 Å². The van der Waals surface area contributed by atoms with Gasteiger partial charge in [0.2, 0.25) is 5.91 Å². The molecular weight excluding hydrogens is 242 g/mol. The molecule has 19 heavy (non-hydrogen) atoms. The van der Waals surface area contributed by atoms with E-state index < -0.39 is 12.0 Å². The molecule has 3 unspecified atom stereocenters. The summed E-state index contributed by atoms with van der Waals surface area (Å²) in [5.74, 6) is -0.180. The van der Waals surface area contributed by atoms with Crippen molar-refractivity contribution >= 4 is 11.9 Å². The summed E-state index contributed by atoms with van der Waals surface area (Å²) in [6.45, 7) is 7.22. The van der Waals surface area contributed by atoms with Crippen molar-refractivity contribution in [3.05, 3.63) is 0 Å². The van der Waals surface area contributed by atoms with Crippen LogP contribution in [-0.4, -0.2) is 34.5 Å². The first-order chi connectivity index (χ1) is 8.80. The first-order valence-electron chi connectivity index (χ1n) is 7.32. The molecule has 0 radical (unpaired) electrons. The third-order valence-electron chi connectivity index (χ3n) is 4.57. The van der Waals surface area contributed by atoms with Gasteiger partial charge < -0.3 is 10.0 Å². The predicted octanol–water partition coefficient (Wildman–Crippen LogP) is 2.52. The molecule has 0 spiro atoms. The van der Waals surface area contributed by atoms with Crippen LogP contribution in [0.3, 0.4) is 0 Å². The second-order valence-electron chi connectivity index (χ2n) is 7.15. The van der Waals surface area contributed by atoms with Crippen LogP contribution in [0.2, 0.25) is 0 Å². The van der Waals surface area contributed by atoms with Gasteiger partial charge in [0.1, 0.15) is 6.04 Å². The molecule has 0 aromatic heterocycles. The molecule has 2 rings (SSSR count). The number of carboxylic acids is 1. The molecule has 1 aliphatic carbocycles. The van der Waals surface area contributed by atoms with Crippen LogP contribution in [0.1, 0.15) is 52.9 Å². The van der Waals surface area contributed by atoms with Crippen molar-refractivity contribution in [2.45, 2.75) is 58.9 Å². The van der Waals surface area contributed by atoms with Crippen molar-refractivity contribution in [2.75, 3.05) is 6.54 Å². The van der Waals surface area contributed by atoms with Gasteiger partial charge in [-0.25, -0.2) is 4.79 Å². The zero-order chi connectivity index (χ0) is 14.2. The third-order valence-corrected chi connectivity index (χ3v) is 4.57. The summed E-state index contributed by atoms with van der Waals surface area (Å²) >= 11 is 0. The number of rotatable bonds is 3. The maximum Gasteiger partial charge on any atom is 0.326 e. The first-order valence-corrected chi connectivity index (χ1v) is 7.32. The van der Waals surface area contributed by atoms with Gasteiger partial charge in [-0.3, -0.25) is 4.79 Å². The minimum absolute atomic E-state index is 0.0171. The number of hydrogen-bond donors (Lipinski definition) is 1. The molecule has 2 aliphatic rings. The fourth-order valence-corrected chi connectivity index (χ4v) is 4.21. The van der Waals surface area contributed by atoms with Gasteiger partial charge in [-0.1, -0.05) is 20.8 Å². The monoisotopic (exact) mass is 267 g/mol. The molecule has 108 valence electrons. The van der Waals surface area contributed by atoms with Crippen molar-refractivity contribution in [3.63, 3.8) is 0 Å². The van der Waals surface area contributed by atoms with E-state index in [1.807, 2.05) is 0 Å². The second-order valence-corrected chi connectivity index (χ2v) is 7.15. The van der Waals surface area contributed by atoms with E-state index in [1.165, 1.54) is 0 Å². The molecular formula is C15H25NO3. The highest BCUT2D eigenvalue weighted by Gasteiger charge is 2.43. The van der Waals surface area contributed by atoms with E-state index in [9.17, 15) is 14.7 Å². The average molecular weight is 267 g/mol. The fraction of sp³-hybridized carbons (Fsp3) is 0.867. The Labute approximate surface area is 115 Å². The van der Waals surface area contributed by atoms with E-state index in [0.29, 0.717) is 18.9 Å². The van der Waals surface area contributed by atoms with Gasteiger partial charge in [0, 0.05) is 13.0 Å². The summed E-state index contributed by atoms with van der Waals surface area (Å²) in [4.78, 5) is 25.1. The van der Waals surface area contributed by atoms with Crippen molar-refractivity contribution in [2.24, 2.45) is 17.3 Å². The van der Waals surface area contributed by atoms with Gasteiger partial charge in [0.25, 0.3) is 0 Å². The number of carboxylic acid groups (broad SMARTS) is 1. The Balaban J connectivity index is 2.19. The Morgan fingerprint density at radius 1 is 1.42 bits per heavy atom. The topological polar surface area (TPSA) is 57.6 Å². The maximum atomic E-state index is 11.9. The Morgan fingerprint density at radius 3 is 2.58 bits per heavy atom. The van der Waals surface area contributed by atoms with E-state index in [0.717, 1.165) is 25.7 Å². The fourth-order valence-electron chi connectivity index (χ4n) is 4.21. The smallest absolute Gasteiger partial charge is 0.326 e. The van der Waals surface area contributed by atoms with Gasteiger partial charge in [-0.05, 0) is 42.9 Å². The summed E-state index contributed by atoms with van der Waals surface area (Å²) in [5.41, 5.74) is 0.179. The molecule has 4 heteroatoms. The number of hydrogen-bond acceptors (Lipinski definition) is 2. The first kappa shape index (κ1) is 14.4. The van der Waals surface area contributed by atoms with E-state index in [1.54, 1.807) is 4.90 Å². The lowest BCUT2D eigenvalue weighted by Crippen LogP contribution is -2.49. The minimum Gasteiger partial charge on any atom is -0.480 e. The van der Waals surface area contributed by atoms with Gasteiger partial charge in [0.15, 0.2) is 0 Å². The number of carbonyl (C=O) groups is 2. The van der Waals surface area contributed by atoms with Gasteiger partial charge in [-0.15, -0.1) is 0 Å². The molecule has 3 atom stereocenters.